The van der Waals surface area contributed by atoms with Crippen LogP contribution in [-0.2, 0) is 4.79 Å². The molecule has 0 bridgehead atoms. The van der Waals surface area contributed by atoms with Crippen LogP contribution in [0.3, 0.4) is 0 Å². The minimum absolute atomic E-state index is 0.0375. The van der Waals surface area contributed by atoms with Crippen molar-refractivity contribution < 1.29 is 4.79 Å². The molecule has 0 aliphatic rings. The number of rotatable bonds is 6. The lowest BCUT2D eigenvalue weighted by Crippen LogP contribution is -2.33. The molecule has 0 aliphatic heterocycles. The molecular formula is C11H17N3O. The lowest BCUT2D eigenvalue weighted by atomic mass is 10.1. The fraction of sp³-hybridized carbons (Fsp3) is 0.727. The second kappa shape index (κ2) is 7.82. The van der Waals surface area contributed by atoms with Crippen LogP contribution in [0.15, 0.2) is 0 Å². The van der Waals surface area contributed by atoms with Gasteiger partial charge in [-0.1, -0.05) is 13.8 Å². The van der Waals surface area contributed by atoms with Crippen molar-refractivity contribution in [2.75, 3.05) is 13.1 Å². The number of carbonyl (C=O) groups excluding carboxylic acids is 1. The molecule has 0 N–H and O–H groups in total. The highest BCUT2D eigenvalue weighted by Crippen LogP contribution is 2.05. The van der Waals surface area contributed by atoms with E-state index in [2.05, 4.69) is 0 Å². The first-order chi connectivity index (χ1) is 7.11. The fourth-order valence-electron chi connectivity index (χ4n) is 1.21. The van der Waals surface area contributed by atoms with Crippen LogP contribution in [0, 0.1) is 28.6 Å². The minimum Gasteiger partial charge on any atom is -0.341 e. The van der Waals surface area contributed by atoms with Crippen LogP contribution in [0.2, 0.25) is 0 Å². The quantitative estimate of drug-likeness (QED) is 0.665. The Bertz CT molecular complexity index is 255. The van der Waals surface area contributed by atoms with Crippen LogP contribution in [-0.4, -0.2) is 23.9 Å². The van der Waals surface area contributed by atoms with Gasteiger partial charge in [0.05, 0.1) is 25.0 Å². The predicted molar refractivity (Wildman–Crippen MR) is 56.5 cm³/mol. The highest BCUT2D eigenvalue weighted by atomic mass is 16.2. The zero-order valence-corrected chi connectivity index (χ0v) is 9.36. The van der Waals surface area contributed by atoms with Crippen molar-refractivity contribution in [3.63, 3.8) is 0 Å². The van der Waals surface area contributed by atoms with Gasteiger partial charge in [-0.2, -0.15) is 10.5 Å². The highest BCUT2D eigenvalue weighted by Gasteiger charge is 2.13. The van der Waals surface area contributed by atoms with Crippen LogP contribution in [0.4, 0.5) is 0 Å². The lowest BCUT2D eigenvalue weighted by Gasteiger charge is -2.21. The Kier molecular flexibility index (Phi) is 7.01. The van der Waals surface area contributed by atoms with Gasteiger partial charge in [-0.25, -0.2) is 0 Å². The molecule has 0 aromatic carbocycles. The number of nitriles is 2. The average Bonchev–Trinajstić information content (AvgIpc) is 2.17. The summed E-state index contributed by atoms with van der Waals surface area (Å²) >= 11 is 0. The zero-order valence-electron chi connectivity index (χ0n) is 9.36. The molecular weight excluding hydrogens is 190 g/mol. The van der Waals surface area contributed by atoms with Crippen molar-refractivity contribution >= 4 is 5.91 Å². The standard InChI is InChI=1S/C11H17N3O/c1-10(2)9-11(15)14(7-3-5-12)8-4-6-13/h10H,3-4,7-9H2,1-2H3. The Hall–Kier alpha value is -1.55. The van der Waals surface area contributed by atoms with Crippen molar-refractivity contribution in [3.05, 3.63) is 0 Å². The molecule has 4 nitrogen and oxygen atoms in total. The first-order valence-electron chi connectivity index (χ1n) is 5.13. The molecule has 0 radical (unpaired) electrons. The van der Waals surface area contributed by atoms with Gasteiger partial charge in [0.2, 0.25) is 5.91 Å². The van der Waals surface area contributed by atoms with Crippen LogP contribution in [0.1, 0.15) is 33.1 Å². The lowest BCUT2D eigenvalue weighted by molar-refractivity contribution is -0.131. The maximum atomic E-state index is 11.7. The van der Waals surface area contributed by atoms with Gasteiger partial charge in [-0.3, -0.25) is 4.79 Å². The summed E-state index contributed by atoms with van der Waals surface area (Å²) in [6.45, 7) is 4.82. The third-order valence-electron chi connectivity index (χ3n) is 1.92. The van der Waals surface area contributed by atoms with Gasteiger partial charge >= 0.3 is 0 Å². The van der Waals surface area contributed by atoms with E-state index in [0.717, 1.165) is 0 Å². The fourth-order valence-corrected chi connectivity index (χ4v) is 1.21. The number of amides is 1. The van der Waals surface area contributed by atoms with E-state index < -0.39 is 0 Å². The van der Waals surface area contributed by atoms with Crippen molar-refractivity contribution in [1.29, 1.82) is 10.5 Å². The summed E-state index contributed by atoms with van der Waals surface area (Å²) < 4.78 is 0. The van der Waals surface area contributed by atoms with Crippen molar-refractivity contribution in [2.45, 2.75) is 33.1 Å². The normalized spacial score (nSPS) is 9.40. The molecule has 1 amide bonds. The van der Waals surface area contributed by atoms with Crippen LogP contribution < -0.4 is 0 Å². The maximum absolute atomic E-state index is 11.7. The molecule has 15 heavy (non-hydrogen) atoms. The first kappa shape index (κ1) is 13.4. The Morgan fingerprint density at radius 2 is 1.67 bits per heavy atom. The Morgan fingerprint density at radius 3 is 2.00 bits per heavy atom. The Labute approximate surface area is 91.1 Å². The first-order valence-corrected chi connectivity index (χ1v) is 5.13. The highest BCUT2D eigenvalue weighted by molar-refractivity contribution is 5.76. The minimum atomic E-state index is 0.0375. The monoisotopic (exact) mass is 207 g/mol. The molecule has 4 heteroatoms. The zero-order chi connectivity index (χ0) is 11.7. The van der Waals surface area contributed by atoms with E-state index in [4.69, 9.17) is 10.5 Å². The van der Waals surface area contributed by atoms with Gasteiger partial charge < -0.3 is 4.90 Å². The van der Waals surface area contributed by atoms with Gasteiger partial charge in [0, 0.05) is 19.5 Å². The molecule has 0 aromatic heterocycles. The van der Waals surface area contributed by atoms with Gasteiger partial charge in [-0.05, 0) is 5.92 Å². The number of nitrogens with zero attached hydrogens (tertiary/aromatic N) is 3. The van der Waals surface area contributed by atoms with Crippen molar-refractivity contribution in [2.24, 2.45) is 5.92 Å². The molecule has 0 rings (SSSR count). The van der Waals surface area contributed by atoms with E-state index in [1.807, 2.05) is 26.0 Å². The van der Waals surface area contributed by atoms with Crippen LogP contribution >= 0.6 is 0 Å². The second-order valence-corrected chi connectivity index (χ2v) is 3.79. The Morgan fingerprint density at radius 1 is 1.20 bits per heavy atom. The number of carbonyl (C=O) groups is 1. The van der Waals surface area contributed by atoms with E-state index >= 15 is 0 Å². The summed E-state index contributed by atoms with van der Waals surface area (Å²) in [7, 11) is 0. The molecule has 82 valence electrons. The Balaban J connectivity index is 4.16. The molecule has 0 unspecified atom stereocenters. The molecule has 0 atom stereocenters. The molecule has 0 fully saturated rings. The summed E-state index contributed by atoms with van der Waals surface area (Å²) in [6, 6.07) is 4.01. The summed E-state index contributed by atoms with van der Waals surface area (Å²) in [6.07, 6.45) is 1.14. The maximum Gasteiger partial charge on any atom is 0.222 e. The number of hydrogen-bond donors (Lipinski definition) is 0. The van der Waals surface area contributed by atoms with Crippen molar-refractivity contribution in [3.8, 4) is 12.1 Å². The van der Waals surface area contributed by atoms with E-state index in [-0.39, 0.29) is 5.91 Å². The van der Waals surface area contributed by atoms with Crippen LogP contribution in [0.5, 0.6) is 0 Å². The summed E-state index contributed by atoms with van der Waals surface area (Å²) in [5, 5.41) is 16.9. The second-order valence-electron chi connectivity index (χ2n) is 3.79. The topological polar surface area (TPSA) is 67.9 Å². The van der Waals surface area contributed by atoms with E-state index in [0.29, 0.717) is 38.3 Å². The molecule has 0 heterocycles. The SMILES string of the molecule is CC(C)CC(=O)N(CCC#N)CCC#N. The van der Waals surface area contributed by atoms with Crippen LogP contribution in [0.25, 0.3) is 0 Å². The van der Waals surface area contributed by atoms with Gasteiger partial charge in [-0.15, -0.1) is 0 Å². The van der Waals surface area contributed by atoms with Gasteiger partial charge in [0.1, 0.15) is 0 Å². The largest absolute Gasteiger partial charge is 0.341 e. The van der Waals surface area contributed by atoms with E-state index in [9.17, 15) is 4.79 Å². The van der Waals surface area contributed by atoms with Gasteiger partial charge in [0.15, 0.2) is 0 Å². The van der Waals surface area contributed by atoms with E-state index in [1.54, 1.807) is 4.90 Å². The summed E-state index contributed by atoms with van der Waals surface area (Å²) in [4.78, 5) is 13.3. The third-order valence-corrected chi connectivity index (χ3v) is 1.92. The number of hydrogen-bond acceptors (Lipinski definition) is 3. The summed E-state index contributed by atoms with van der Waals surface area (Å²) in [5.74, 6) is 0.347. The average molecular weight is 207 g/mol. The third kappa shape index (κ3) is 6.51. The molecule has 0 saturated carbocycles. The van der Waals surface area contributed by atoms with Gasteiger partial charge in [0.25, 0.3) is 0 Å². The molecule has 0 saturated heterocycles. The van der Waals surface area contributed by atoms with Crippen molar-refractivity contribution in [1.82, 2.24) is 4.90 Å². The molecule has 0 aliphatic carbocycles. The predicted octanol–water partition coefficient (Wildman–Crippen LogP) is 1.69. The summed E-state index contributed by atoms with van der Waals surface area (Å²) in [5.41, 5.74) is 0. The smallest absolute Gasteiger partial charge is 0.222 e. The molecule has 0 aromatic rings. The van der Waals surface area contributed by atoms with E-state index in [1.165, 1.54) is 0 Å². The molecule has 0 spiro atoms.